The Morgan fingerprint density at radius 3 is 0.734 bits per heavy atom. The van der Waals surface area contributed by atoms with E-state index in [0.29, 0.717) is 19.3 Å². The molecule has 6 heteroatoms. The van der Waals surface area contributed by atoms with Crippen molar-refractivity contribution in [1.82, 2.24) is 0 Å². The van der Waals surface area contributed by atoms with Crippen LogP contribution in [0.1, 0.15) is 380 Å². The lowest BCUT2D eigenvalue weighted by molar-refractivity contribution is -0.167. The second-order valence-corrected chi connectivity index (χ2v) is 23.8. The summed E-state index contributed by atoms with van der Waals surface area (Å²) >= 11 is 0. The van der Waals surface area contributed by atoms with Crippen molar-refractivity contribution in [3.8, 4) is 0 Å². The first-order valence-corrected chi connectivity index (χ1v) is 35.1. The third-order valence-electron chi connectivity index (χ3n) is 15.8. The molecule has 0 rings (SSSR count). The van der Waals surface area contributed by atoms with Gasteiger partial charge in [-0.05, 0) is 103 Å². The number of allylic oxidation sites excluding steroid dienone is 8. The summed E-state index contributed by atoms with van der Waals surface area (Å²) in [6.45, 7) is 6.65. The summed E-state index contributed by atoms with van der Waals surface area (Å²) in [5, 5.41) is 0. The molecule has 0 aliphatic heterocycles. The molecule has 0 N–H and O–H groups in total. The monoisotopic (exact) mass is 1110 g/mol. The van der Waals surface area contributed by atoms with Gasteiger partial charge in [0.2, 0.25) is 0 Å². The Bertz CT molecular complexity index is 1360. The predicted molar refractivity (Wildman–Crippen MR) is 344 cm³/mol. The molecule has 0 aromatic carbocycles. The lowest BCUT2D eigenvalue weighted by Gasteiger charge is -2.18. The lowest BCUT2D eigenvalue weighted by Crippen LogP contribution is -2.30. The summed E-state index contributed by atoms with van der Waals surface area (Å²) in [6, 6.07) is 0. The SMILES string of the molecule is CCCCC/C=C\CCCCCCCC(=O)OCC(COC(=O)CCCCCCCCCCCCCCCCCCCCC/C=C\C/C=C\CCCCCCC)OC(=O)CCCCCCCCC/C=C\CCCCCCCCC. The highest BCUT2D eigenvalue weighted by molar-refractivity contribution is 5.71. The van der Waals surface area contributed by atoms with E-state index in [1.54, 1.807) is 0 Å². The van der Waals surface area contributed by atoms with Crippen LogP contribution in [0, 0.1) is 0 Å². The van der Waals surface area contributed by atoms with Crippen molar-refractivity contribution in [3.05, 3.63) is 48.6 Å². The minimum Gasteiger partial charge on any atom is -0.462 e. The quantitative estimate of drug-likeness (QED) is 0.0261. The van der Waals surface area contributed by atoms with Crippen molar-refractivity contribution in [2.45, 2.75) is 386 Å². The largest absolute Gasteiger partial charge is 0.462 e. The van der Waals surface area contributed by atoms with Crippen LogP contribution in [0.3, 0.4) is 0 Å². The molecule has 6 nitrogen and oxygen atoms in total. The van der Waals surface area contributed by atoms with Crippen molar-refractivity contribution in [1.29, 1.82) is 0 Å². The average Bonchev–Trinajstić information content (AvgIpc) is 3.45. The van der Waals surface area contributed by atoms with E-state index in [9.17, 15) is 14.4 Å². The first-order valence-electron chi connectivity index (χ1n) is 35.1. The summed E-state index contributed by atoms with van der Waals surface area (Å²) < 4.78 is 16.9. The molecule has 1 unspecified atom stereocenters. The van der Waals surface area contributed by atoms with E-state index in [2.05, 4.69) is 69.4 Å². The van der Waals surface area contributed by atoms with E-state index < -0.39 is 6.10 Å². The summed E-state index contributed by atoms with van der Waals surface area (Å²) in [4.78, 5) is 38.3. The molecule has 0 aromatic heterocycles. The fourth-order valence-corrected chi connectivity index (χ4v) is 10.5. The van der Waals surface area contributed by atoms with Crippen LogP contribution in [-0.2, 0) is 28.6 Å². The third kappa shape index (κ3) is 66.1. The molecule has 0 radical (unpaired) electrons. The molecule has 0 aliphatic rings. The second-order valence-electron chi connectivity index (χ2n) is 23.8. The molecule has 0 saturated carbocycles. The lowest BCUT2D eigenvalue weighted by atomic mass is 10.0. The number of ether oxygens (including phenoxy) is 3. The van der Waals surface area contributed by atoms with E-state index >= 15 is 0 Å². The highest BCUT2D eigenvalue weighted by Gasteiger charge is 2.19. The minimum atomic E-state index is -0.777. The molecule has 1 atom stereocenters. The van der Waals surface area contributed by atoms with E-state index in [1.165, 1.54) is 270 Å². The van der Waals surface area contributed by atoms with Gasteiger partial charge in [-0.15, -0.1) is 0 Å². The number of hydrogen-bond acceptors (Lipinski definition) is 6. The Morgan fingerprint density at radius 1 is 0.253 bits per heavy atom. The Kier molecular flexibility index (Phi) is 65.6. The van der Waals surface area contributed by atoms with Gasteiger partial charge in [-0.2, -0.15) is 0 Å². The highest BCUT2D eigenvalue weighted by atomic mass is 16.6. The Balaban J connectivity index is 4.14. The van der Waals surface area contributed by atoms with Gasteiger partial charge in [0, 0.05) is 19.3 Å². The maximum atomic E-state index is 12.9. The molecule has 0 fully saturated rings. The number of rotatable bonds is 65. The standard InChI is InChI=1S/C73H134O6/c1-4-7-10-13-16-19-22-25-27-29-31-32-33-34-35-36-37-38-39-40-41-42-43-45-46-48-51-54-57-60-63-66-72(75)78-69-70(68-77-71(74)65-62-59-56-53-50-24-21-18-15-12-9-6-3)79-73(76)67-64-61-58-55-52-49-47-44-30-28-26-23-20-17-14-11-8-5-2/h18,21-22,25,28-31,70H,4-17,19-20,23-24,26-27,32-69H2,1-3H3/b21-18-,25-22-,30-28-,31-29-. The fourth-order valence-electron chi connectivity index (χ4n) is 10.5. The van der Waals surface area contributed by atoms with Gasteiger partial charge >= 0.3 is 17.9 Å². The smallest absolute Gasteiger partial charge is 0.306 e. The van der Waals surface area contributed by atoms with Crippen LogP contribution >= 0.6 is 0 Å². The minimum absolute atomic E-state index is 0.0734. The maximum absolute atomic E-state index is 12.9. The van der Waals surface area contributed by atoms with Crippen molar-refractivity contribution in [2.75, 3.05) is 13.2 Å². The van der Waals surface area contributed by atoms with Gasteiger partial charge in [0.1, 0.15) is 13.2 Å². The van der Waals surface area contributed by atoms with Crippen LogP contribution in [0.2, 0.25) is 0 Å². The molecule has 0 amide bonds. The van der Waals surface area contributed by atoms with Gasteiger partial charge in [-0.25, -0.2) is 0 Å². The Hall–Kier alpha value is -2.63. The average molecular weight is 1110 g/mol. The number of carbonyl (C=O) groups is 3. The van der Waals surface area contributed by atoms with Crippen molar-refractivity contribution >= 4 is 17.9 Å². The zero-order chi connectivity index (χ0) is 57.1. The van der Waals surface area contributed by atoms with E-state index in [0.717, 1.165) is 70.6 Å². The number of carbonyl (C=O) groups excluding carboxylic acids is 3. The molecule has 462 valence electrons. The fraction of sp³-hybridized carbons (Fsp3) is 0.849. The van der Waals surface area contributed by atoms with Crippen molar-refractivity contribution in [3.63, 3.8) is 0 Å². The third-order valence-corrected chi connectivity index (χ3v) is 15.8. The van der Waals surface area contributed by atoms with Crippen LogP contribution < -0.4 is 0 Å². The first kappa shape index (κ1) is 76.4. The molecule has 0 spiro atoms. The van der Waals surface area contributed by atoms with Gasteiger partial charge in [0.05, 0.1) is 0 Å². The number of unbranched alkanes of at least 4 members (excludes halogenated alkanes) is 46. The molecule has 79 heavy (non-hydrogen) atoms. The maximum Gasteiger partial charge on any atom is 0.306 e. The van der Waals surface area contributed by atoms with E-state index in [-0.39, 0.29) is 31.1 Å². The molecule has 0 aliphatic carbocycles. The van der Waals surface area contributed by atoms with Crippen molar-refractivity contribution < 1.29 is 28.6 Å². The molecular formula is C73H134O6. The zero-order valence-electron chi connectivity index (χ0n) is 53.2. The number of esters is 3. The zero-order valence-corrected chi connectivity index (χ0v) is 53.2. The summed E-state index contributed by atoms with van der Waals surface area (Å²) in [6.07, 6.45) is 85.8. The van der Waals surface area contributed by atoms with Crippen LogP contribution in [0.25, 0.3) is 0 Å². The molecule has 0 bridgehead atoms. The summed E-state index contributed by atoms with van der Waals surface area (Å²) in [5.41, 5.74) is 0. The van der Waals surface area contributed by atoms with Gasteiger partial charge in [0.25, 0.3) is 0 Å². The van der Waals surface area contributed by atoms with Crippen molar-refractivity contribution in [2.24, 2.45) is 0 Å². The summed E-state index contributed by atoms with van der Waals surface area (Å²) in [7, 11) is 0. The first-order chi connectivity index (χ1) is 39.0. The highest BCUT2D eigenvalue weighted by Crippen LogP contribution is 2.18. The van der Waals surface area contributed by atoms with Crippen LogP contribution in [-0.4, -0.2) is 37.2 Å². The molecular weight excluding hydrogens is 973 g/mol. The second kappa shape index (κ2) is 67.9. The topological polar surface area (TPSA) is 78.9 Å². The van der Waals surface area contributed by atoms with Gasteiger partial charge in [-0.3, -0.25) is 14.4 Å². The number of hydrogen-bond donors (Lipinski definition) is 0. The molecule has 0 heterocycles. The molecule has 0 aromatic rings. The Morgan fingerprint density at radius 2 is 0.456 bits per heavy atom. The van der Waals surface area contributed by atoms with Gasteiger partial charge in [-0.1, -0.05) is 307 Å². The summed E-state index contributed by atoms with van der Waals surface area (Å²) in [5.74, 6) is -0.864. The van der Waals surface area contributed by atoms with Crippen LogP contribution in [0.4, 0.5) is 0 Å². The van der Waals surface area contributed by atoms with Crippen LogP contribution in [0.15, 0.2) is 48.6 Å². The Labute approximate surface area is 492 Å². The predicted octanol–water partition coefficient (Wildman–Crippen LogP) is 24.1. The van der Waals surface area contributed by atoms with Crippen LogP contribution in [0.5, 0.6) is 0 Å². The normalized spacial score (nSPS) is 12.3. The molecule has 0 saturated heterocycles. The van der Waals surface area contributed by atoms with E-state index in [4.69, 9.17) is 14.2 Å². The van der Waals surface area contributed by atoms with E-state index in [1.807, 2.05) is 0 Å². The van der Waals surface area contributed by atoms with Gasteiger partial charge < -0.3 is 14.2 Å². The van der Waals surface area contributed by atoms with Gasteiger partial charge in [0.15, 0.2) is 6.10 Å².